The van der Waals surface area contributed by atoms with Crippen LogP contribution in [0.15, 0.2) is 54.6 Å². The highest BCUT2D eigenvalue weighted by atomic mass is 17.2. The molecule has 0 unspecified atom stereocenters. The molecule has 2 rings (SSSR count). The van der Waals surface area contributed by atoms with Gasteiger partial charge in [-0.05, 0) is 43.2 Å². The largest absolute Gasteiger partial charge is 0.508 e. The van der Waals surface area contributed by atoms with E-state index in [1.165, 1.54) is 0 Å². The minimum Gasteiger partial charge on any atom is -0.508 e. The first kappa shape index (κ1) is 17.7. The highest BCUT2D eigenvalue weighted by Gasteiger charge is 2.06. The van der Waals surface area contributed by atoms with Crippen molar-refractivity contribution in [1.29, 1.82) is 0 Å². The Hall–Kier alpha value is -2.33. The maximum absolute atomic E-state index is 11.3. The average Bonchev–Trinajstić information content (AvgIpc) is 2.52. The summed E-state index contributed by atoms with van der Waals surface area (Å²) in [5, 5.41) is 8.81. The predicted octanol–water partition coefficient (Wildman–Crippen LogP) is 4.28. The van der Waals surface area contributed by atoms with Crippen LogP contribution in [0.1, 0.15) is 35.7 Å². The van der Waals surface area contributed by atoms with Gasteiger partial charge in [-0.3, -0.25) is 4.89 Å². The van der Waals surface area contributed by atoms with Crippen LogP contribution in [0, 0.1) is 6.92 Å². The summed E-state index contributed by atoms with van der Waals surface area (Å²) < 4.78 is 0. The lowest BCUT2D eigenvalue weighted by molar-refractivity contribution is -0.241. The number of rotatable bonds is 5. The topological polar surface area (TPSA) is 55.8 Å². The molecule has 0 atom stereocenters. The molecular formula is C18H22O4. The number of carbonyl (C=O) groups excluding carboxylic acids is 1. The fraction of sp³-hybridized carbons (Fsp3) is 0.278. The monoisotopic (exact) mass is 302 g/mol. The number of benzene rings is 2. The molecule has 0 heterocycles. The number of aryl methyl sites for hydroxylation is 1. The molecule has 0 aromatic heterocycles. The molecule has 2 aromatic carbocycles. The number of hydrogen-bond donors (Lipinski definition) is 1. The number of hydrogen-bond acceptors (Lipinski definition) is 4. The average molecular weight is 302 g/mol. The van der Waals surface area contributed by atoms with Crippen molar-refractivity contribution in [2.24, 2.45) is 0 Å². The van der Waals surface area contributed by atoms with Crippen molar-refractivity contribution in [3.05, 3.63) is 65.7 Å². The van der Waals surface area contributed by atoms with Crippen LogP contribution in [0.25, 0.3) is 0 Å². The molecule has 22 heavy (non-hydrogen) atoms. The van der Waals surface area contributed by atoms with E-state index in [1.54, 1.807) is 36.4 Å². The van der Waals surface area contributed by atoms with Crippen molar-refractivity contribution in [2.75, 3.05) is 6.61 Å². The highest BCUT2D eigenvalue weighted by molar-refractivity contribution is 5.88. The van der Waals surface area contributed by atoms with Crippen LogP contribution in [0.5, 0.6) is 5.75 Å². The Bertz CT molecular complexity index is 535. The molecule has 0 bridgehead atoms. The van der Waals surface area contributed by atoms with E-state index in [1.807, 2.05) is 32.0 Å². The Morgan fingerprint density at radius 2 is 1.82 bits per heavy atom. The summed E-state index contributed by atoms with van der Waals surface area (Å²) in [5.41, 5.74) is 1.59. The van der Waals surface area contributed by atoms with Gasteiger partial charge in [0.25, 0.3) is 0 Å². The number of phenolic OH excluding ortho intramolecular Hbond substituents is 1. The fourth-order valence-corrected chi connectivity index (χ4v) is 1.55. The summed E-state index contributed by atoms with van der Waals surface area (Å²) in [5.74, 6) is -0.105. The first-order valence-corrected chi connectivity index (χ1v) is 7.28. The Morgan fingerprint density at radius 1 is 1.09 bits per heavy atom. The van der Waals surface area contributed by atoms with Gasteiger partial charge in [-0.2, -0.15) is 4.89 Å². The lowest BCUT2D eigenvalue weighted by Gasteiger charge is -2.02. The molecule has 4 nitrogen and oxygen atoms in total. The molecule has 118 valence electrons. The number of aromatic hydroxyl groups is 1. The van der Waals surface area contributed by atoms with Crippen molar-refractivity contribution in [2.45, 2.75) is 26.7 Å². The standard InChI is InChI=1S/C11H14O3.C7H8O/c1-2-3-9-13-14-11(12)10-7-5-4-6-8-10;1-6-3-2-4-7(8)5-6/h4-8H,2-3,9H2,1H3;2-5,8H,1H3. The van der Waals surface area contributed by atoms with E-state index < -0.39 is 5.97 Å². The minimum atomic E-state index is -0.443. The van der Waals surface area contributed by atoms with E-state index in [2.05, 4.69) is 4.89 Å². The van der Waals surface area contributed by atoms with Crippen LogP contribution >= 0.6 is 0 Å². The summed E-state index contributed by atoms with van der Waals surface area (Å²) in [4.78, 5) is 20.6. The summed E-state index contributed by atoms with van der Waals surface area (Å²) in [6.45, 7) is 4.44. The third-order valence-corrected chi connectivity index (χ3v) is 2.73. The molecule has 0 aliphatic carbocycles. The summed E-state index contributed by atoms with van der Waals surface area (Å²) >= 11 is 0. The zero-order valence-electron chi connectivity index (χ0n) is 13.0. The predicted molar refractivity (Wildman–Crippen MR) is 85.6 cm³/mol. The van der Waals surface area contributed by atoms with Gasteiger partial charge in [-0.25, -0.2) is 4.79 Å². The quantitative estimate of drug-likeness (QED) is 0.509. The summed E-state index contributed by atoms with van der Waals surface area (Å²) in [6, 6.07) is 15.9. The van der Waals surface area contributed by atoms with E-state index in [9.17, 15) is 4.79 Å². The second-order valence-electron chi connectivity index (χ2n) is 4.75. The highest BCUT2D eigenvalue weighted by Crippen LogP contribution is 2.08. The first-order chi connectivity index (χ1) is 10.6. The lowest BCUT2D eigenvalue weighted by atomic mass is 10.2. The molecular weight excluding hydrogens is 280 g/mol. The summed E-state index contributed by atoms with van der Waals surface area (Å²) in [7, 11) is 0. The number of carbonyl (C=O) groups is 1. The molecule has 0 aliphatic heterocycles. The number of unbranched alkanes of at least 4 members (excludes halogenated alkanes) is 1. The van der Waals surface area contributed by atoms with Crippen LogP contribution in [0.2, 0.25) is 0 Å². The normalized spacial score (nSPS) is 9.55. The molecule has 2 aromatic rings. The Morgan fingerprint density at radius 3 is 2.36 bits per heavy atom. The molecule has 0 aliphatic rings. The maximum atomic E-state index is 11.3. The van der Waals surface area contributed by atoms with E-state index in [0.717, 1.165) is 18.4 Å². The van der Waals surface area contributed by atoms with Crippen LogP contribution in [-0.2, 0) is 9.78 Å². The van der Waals surface area contributed by atoms with Crippen molar-refractivity contribution in [1.82, 2.24) is 0 Å². The first-order valence-electron chi connectivity index (χ1n) is 7.28. The molecule has 1 N–H and O–H groups in total. The Kier molecular flexibility index (Phi) is 8.38. The van der Waals surface area contributed by atoms with Crippen LogP contribution < -0.4 is 0 Å². The number of phenols is 1. The van der Waals surface area contributed by atoms with Gasteiger partial charge < -0.3 is 5.11 Å². The van der Waals surface area contributed by atoms with Gasteiger partial charge in [0, 0.05) is 0 Å². The van der Waals surface area contributed by atoms with E-state index in [0.29, 0.717) is 17.9 Å². The molecule has 4 heteroatoms. The van der Waals surface area contributed by atoms with Gasteiger partial charge in [-0.1, -0.05) is 43.7 Å². The Balaban J connectivity index is 0.000000255. The van der Waals surface area contributed by atoms with Crippen molar-refractivity contribution < 1.29 is 19.7 Å². The van der Waals surface area contributed by atoms with Crippen molar-refractivity contribution in [3.8, 4) is 5.75 Å². The third kappa shape index (κ3) is 7.45. The van der Waals surface area contributed by atoms with Crippen LogP contribution in [0.4, 0.5) is 0 Å². The molecule has 0 amide bonds. The van der Waals surface area contributed by atoms with Gasteiger partial charge in [0.15, 0.2) is 0 Å². The Labute approximate surface area is 131 Å². The zero-order valence-corrected chi connectivity index (χ0v) is 13.0. The smallest absolute Gasteiger partial charge is 0.373 e. The van der Waals surface area contributed by atoms with Crippen molar-refractivity contribution in [3.63, 3.8) is 0 Å². The van der Waals surface area contributed by atoms with E-state index >= 15 is 0 Å². The van der Waals surface area contributed by atoms with Gasteiger partial charge in [0.1, 0.15) is 5.75 Å². The summed E-state index contributed by atoms with van der Waals surface area (Å²) in [6.07, 6.45) is 1.91. The van der Waals surface area contributed by atoms with Gasteiger partial charge in [0.05, 0.1) is 12.2 Å². The third-order valence-electron chi connectivity index (χ3n) is 2.73. The maximum Gasteiger partial charge on any atom is 0.373 e. The van der Waals surface area contributed by atoms with Crippen LogP contribution in [0.3, 0.4) is 0 Å². The molecule has 0 radical (unpaired) electrons. The van der Waals surface area contributed by atoms with Gasteiger partial charge >= 0.3 is 5.97 Å². The SMILES string of the molecule is CCCCOOC(=O)c1ccccc1.Cc1cccc(O)c1. The molecule has 0 saturated heterocycles. The lowest BCUT2D eigenvalue weighted by Crippen LogP contribution is -2.06. The van der Waals surface area contributed by atoms with E-state index in [-0.39, 0.29) is 0 Å². The van der Waals surface area contributed by atoms with Gasteiger partial charge in [0.2, 0.25) is 0 Å². The van der Waals surface area contributed by atoms with E-state index in [4.69, 9.17) is 9.99 Å². The molecule has 0 saturated carbocycles. The molecule has 0 fully saturated rings. The second kappa shape index (κ2) is 10.4. The van der Waals surface area contributed by atoms with Crippen molar-refractivity contribution >= 4 is 5.97 Å². The van der Waals surface area contributed by atoms with Crippen LogP contribution in [-0.4, -0.2) is 17.7 Å². The zero-order chi connectivity index (χ0) is 16.2. The molecule has 0 spiro atoms. The van der Waals surface area contributed by atoms with Gasteiger partial charge in [-0.15, -0.1) is 0 Å². The second-order valence-corrected chi connectivity index (χ2v) is 4.75. The fourth-order valence-electron chi connectivity index (χ4n) is 1.55. The minimum absolute atomic E-state index is 0.338.